The van der Waals surface area contributed by atoms with Gasteiger partial charge in [-0.3, -0.25) is 14.9 Å². The van der Waals surface area contributed by atoms with Crippen molar-refractivity contribution >= 4 is 17.8 Å². The number of amides is 1. The lowest BCUT2D eigenvalue weighted by Crippen LogP contribution is -2.17. The maximum Gasteiger partial charge on any atom is 0.271 e. The average molecular weight is 335 g/mol. The molecular formula is C18H13N3O4. The number of nitrogens with one attached hydrogen (secondary N) is 1. The quantitative estimate of drug-likeness (QED) is 0.437. The first-order valence-corrected chi connectivity index (χ1v) is 7.36. The highest BCUT2D eigenvalue weighted by Gasteiger charge is 2.08. The summed E-state index contributed by atoms with van der Waals surface area (Å²) >= 11 is 0. The van der Waals surface area contributed by atoms with E-state index in [1.165, 1.54) is 30.5 Å². The molecule has 0 fully saturated rings. The number of hydrogen-bond donors (Lipinski definition) is 1. The zero-order valence-electron chi connectivity index (χ0n) is 13.0. The van der Waals surface area contributed by atoms with Crippen LogP contribution in [0.2, 0.25) is 0 Å². The van der Waals surface area contributed by atoms with Crippen molar-refractivity contribution in [1.29, 1.82) is 0 Å². The first-order valence-electron chi connectivity index (χ1n) is 7.36. The van der Waals surface area contributed by atoms with Gasteiger partial charge in [-0.05, 0) is 24.3 Å². The van der Waals surface area contributed by atoms with E-state index in [0.717, 1.165) is 5.56 Å². The zero-order valence-corrected chi connectivity index (χ0v) is 13.0. The number of hydrazone groups is 1. The molecule has 3 aromatic rings. The van der Waals surface area contributed by atoms with Gasteiger partial charge in [-0.25, -0.2) is 5.43 Å². The molecule has 1 aromatic heterocycles. The van der Waals surface area contributed by atoms with Crippen LogP contribution in [-0.4, -0.2) is 17.0 Å². The molecule has 25 heavy (non-hydrogen) atoms. The van der Waals surface area contributed by atoms with Crippen LogP contribution < -0.4 is 5.43 Å². The minimum absolute atomic E-state index is 0.0796. The number of carbonyl (C=O) groups excluding carboxylic acids is 1. The average Bonchev–Trinajstić information content (AvgIpc) is 3.11. The molecule has 0 unspecified atom stereocenters. The summed E-state index contributed by atoms with van der Waals surface area (Å²) < 4.78 is 5.62. The number of benzene rings is 2. The van der Waals surface area contributed by atoms with Crippen molar-refractivity contribution in [1.82, 2.24) is 5.43 Å². The van der Waals surface area contributed by atoms with Gasteiger partial charge in [-0.2, -0.15) is 5.10 Å². The third-order valence-electron chi connectivity index (χ3n) is 3.38. The fourth-order valence-corrected chi connectivity index (χ4v) is 2.13. The molecule has 0 bridgehead atoms. The van der Waals surface area contributed by atoms with Crippen molar-refractivity contribution < 1.29 is 14.1 Å². The minimum atomic E-state index is -0.527. The van der Waals surface area contributed by atoms with Crippen LogP contribution in [0.1, 0.15) is 16.1 Å². The molecule has 0 atom stereocenters. The van der Waals surface area contributed by atoms with Crippen LogP contribution in [0.5, 0.6) is 0 Å². The fraction of sp³-hybridized carbons (Fsp3) is 0. The standard InChI is InChI=1S/C18H13N3O4/c22-18(14-6-8-15(9-7-14)21(23)24)20-19-12-16-10-11-17(25-16)13-4-2-1-3-5-13/h1-12H,(H,20,22)/b19-12-. The highest BCUT2D eigenvalue weighted by atomic mass is 16.6. The van der Waals surface area contributed by atoms with Gasteiger partial charge < -0.3 is 4.42 Å². The first kappa shape index (κ1) is 16.1. The predicted molar refractivity (Wildman–Crippen MR) is 92.3 cm³/mol. The maximum absolute atomic E-state index is 11.9. The summed E-state index contributed by atoms with van der Waals surface area (Å²) in [7, 11) is 0. The van der Waals surface area contributed by atoms with Gasteiger partial charge in [-0.15, -0.1) is 0 Å². The molecule has 0 saturated carbocycles. The Balaban J connectivity index is 1.62. The number of nitro benzene ring substituents is 1. The van der Waals surface area contributed by atoms with E-state index < -0.39 is 10.8 Å². The fourth-order valence-electron chi connectivity index (χ4n) is 2.13. The molecule has 1 amide bonds. The van der Waals surface area contributed by atoms with Crippen molar-refractivity contribution in [2.45, 2.75) is 0 Å². The molecule has 0 aliphatic carbocycles. The van der Waals surface area contributed by atoms with E-state index in [4.69, 9.17) is 4.42 Å². The van der Waals surface area contributed by atoms with Crippen LogP contribution in [-0.2, 0) is 0 Å². The Bertz CT molecular complexity index is 915. The summed E-state index contributed by atoms with van der Waals surface area (Å²) in [5.74, 6) is 0.715. The lowest BCUT2D eigenvalue weighted by Gasteiger charge is -1.99. The summed E-state index contributed by atoms with van der Waals surface area (Å²) in [6.07, 6.45) is 1.38. The van der Waals surface area contributed by atoms with Gasteiger partial charge in [0, 0.05) is 23.3 Å². The van der Waals surface area contributed by atoms with Crippen LogP contribution in [0.3, 0.4) is 0 Å². The Labute approximate surface area is 142 Å². The second-order valence-electron chi connectivity index (χ2n) is 5.07. The Morgan fingerprint density at radius 3 is 2.44 bits per heavy atom. The van der Waals surface area contributed by atoms with Gasteiger partial charge >= 0.3 is 0 Å². The van der Waals surface area contributed by atoms with E-state index in [1.807, 2.05) is 36.4 Å². The van der Waals surface area contributed by atoms with Crippen molar-refractivity contribution in [3.63, 3.8) is 0 Å². The second kappa shape index (κ2) is 7.22. The topological polar surface area (TPSA) is 97.7 Å². The predicted octanol–water partition coefficient (Wildman–Crippen LogP) is 3.62. The number of carbonyl (C=O) groups is 1. The minimum Gasteiger partial charge on any atom is -0.455 e. The van der Waals surface area contributed by atoms with Crippen molar-refractivity contribution in [2.75, 3.05) is 0 Å². The van der Waals surface area contributed by atoms with E-state index in [-0.39, 0.29) is 11.3 Å². The normalized spacial score (nSPS) is 10.7. The van der Waals surface area contributed by atoms with E-state index in [0.29, 0.717) is 11.5 Å². The van der Waals surface area contributed by atoms with Gasteiger partial charge in [0.05, 0.1) is 11.1 Å². The Morgan fingerprint density at radius 1 is 1.04 bits per heavy atom. The summed E-state index contributed by atoms with van der Waals surface area (Å²) in [5, 5.41) is 14.4. The lowest BCUT2D eigenvalue weighted by atomic mass is 10.2. The van der Waals surface area contributed by atoms with Crippen LogP contribution in [0.15, 0.2) is 76.2 Å². The summed E-state index contributed by atoms with van der Waals surface area (Å²) in [4.78, 5) is 22.0. The Kier molecular flexibility index (Phi) is 4.66. The van der Waals surface area contributed by atoms with Gasteiger partial charge in [0.1, 0.15) is 11.5 Å². The number of non-ortho nitro benzene ring substituents is 1. The van der Waals surface area contributed by atoms with Crippen LogP contribution in [0.4, 0.5) is 5.69 Å². The van der Waals surface area contributed by atoms with E-state index >= 15 is 0 Å². The van der Waals surface area contributed by atoms with Gasteiger partial charge in [0.25, 0.3) is 11.6 Å². The molecule has 0 spiro atoms. The molecule has 0 radical (unpaired) electrons. The summed E-state index contributed by atoms with van der Waals surface area (Å²) in [5.41, 5.74) is 3.48. The second-order valence-corrected chi connectivity index (χ2v) is 5.07. The first-order chi connectivity index (χ1) is 12.1. The van der Waals surface area contributed by atoms with E-state index in [2.05, 4.69) is 10.5 Å². The molecule has 2 aromatic carbocycles. The number of rotatable bonds is 5. The lowest BCUT2D eigenvalue weighted by molar-refractivity contribution is -0.384. The highest BCUT2D eigenvalue weighted by molar-refractivity contribution is 5.94. The third-order valence-corrected chi connectivity index (χ3v) is 3.38. The molecule has 124 valence electrons. The molecule has 7 heteroatoms. The monoisotopic (exact) mass is 335 g/mol. The van der Waals surface area contributed by atoms with E-state index in [1.54, 1.807) is 6.07 Å². The van der Waals surface area contributed by atoms with Crippen molar-refractivity contribution in [3.05, 3.63) is 88.2 Å². The van der Waals surface area contributed by atoms with Gasteiger partial charge in [0.2, 0.25) is 0 Å². The molecule has 1 N–H and O–H groups in total. The van der Waals surface area contributed by atoms with Crippen molar-refractivity contribution in [3.8, 4) is 11.3 Å². The van der Waals surface area contributed by atoms with Crippen LogP contribution in [0, 0.1) is 10.1 Å². The largest absolute Gasteiger partial charge is 0.455 e. The maximum atomic E-state index is 11.9. The Morgan fingerprint density at radius 2 is 1.76 bits per heavy atom. The molecule has 0 aliphatic heterocycles. The smallest absolute Gasteiger partial charge is 0.271 e. The Hall–Kier alpha value is -3.74. The number of hydrogen-bond acceptors (Lipinski definition) is 5. The SMILES string of the molecule is O=C(N/N=C\c1ccc(-c2ccccc2)o1)c1ccc([N+](=O)[O-])cc1. The number of furan rings is 1. The van der Waals surface area contributed by atoms with Crippen LogP contribution >= 0.6 is 0 Å². The van der Waals surface area contributed by atoms with E-state index in [9.17, 15) is 14.9 Å². The molecule has 0 saturated heterocycles. The summed E-state index contributed by atoms with van der Waals surface area (Å²) in [6.45, 7) is 0. The van der Waals surface area contributed by atoms with Gasteiger partial charge in [0.15, 0.2) is 0 Å². The molecule has 3 rings (SSSR count). The van der Waals surface area contributed by atoms with Crippen molar-refractivity contribution in [2.24, 2.45) is 5.10 Å². The molecule has 7 nitrogen and oxygen atoms in total. The number of nitrogens with zero attached hydrogens (tertiary/aromatic N) is 2. The van der Waals surface area contributed by atoms with Gasteiger partial charge in [-0.1, -0.05) is 30.3 Å². The molecule has 0 aliphatic rings. The third kappa shape index (κ3) is 3.97. The molecule has 1 heterocycles. The molecular weight excluding hydrogens is 322 g/mol. The summed E-state index contributed by atoms with van der Waals surface area (Å²) in [6, 6.07) is 18.4. The van der Waals surface area contributed by atoms with Crippen LogP contribution in [0.25, 0.3) is 11.3 Å². The highest BCUT2D eigenvalue weighted by Crippen LogP contribution is 2.20. The number of nitro groups is 1. The zero-order chi connectivity index (χ0) is 17.6.